The van der Waals surface area contributed by atoms with Crippen LogP contribution in [0.3, 0.4) is 0 Å². The van der Waals surface area contributed by atoms with Gasteiger partial charge in [0.15, 0.2) is 0 Å². The number of allylic oxidation sites excluding steroid dienone is 6. The highest BCUT2D eigenvalue weighted by molar-refractivity contribution is 5.61. The summed E-state index contributed by atoms with van der Waals surface area (Å²) in [7, 11) is 0. The lowest BCUT2D eigenvalue weighted by Crippen LogP contribution is -2.17. The van der Waals surface area contributed by atoms with Gasteiger partial charge in [-0.3, -0.25) is 0 Å². The van der Waals surface area contributed by atoms with Crippen molar-refractivity contribution in [3.8, 4) is 0 Å². The minimum Gasteiger partial charge on any atom is -0.309 e. The quantitative estimate of drug-likeness (QED) is 0.658. The highest BCUT2D eigenvalue weighted by Gasteiger charge is 2.11. The van der Waals surface area contributed by atoms with Crippen molar-refractivity contribution in [2.75, 3.05) is 6.54 Å². The number of aryl methyl sites for hydroxylation is 2. The summed E-state index contributed by atoms with van der Waals surface area (Å²) in [6.07, 6.45) is 16.6. The van der Waals surface area contributed by atoms with Gasteiger partial charge >= 0.3 is 0 Å². The van der Waals surface area contributed by atoms with E-state index in [0.29, 0.717) is 0 Å². The molecule has 0 saturated carbocycles. The normalized spacial score (nSPS) is 15.2. The van der Waals surface area contributed by atoms with Gasteiger partial charge in [0.25, 0.3) is 0 Å². The van der Waals surface area contributed by atoms with Crippen LogP contribution < -0.4 is 5.32 Å². The fourth-order valence-corrected chi connectivity index (χ4v) is 4.06. The lowest BCUT2D eigenvalue weighted by molar-refractivity contribution is 0.728. The summed E-state index contributed by atoms with van der Waals surface area (Å²) in [6.45, 7) is 6.25. The molecule has 0 aromatic heterocycles. The zero-order chi connectivity index (χ0) is 19.3. The molecule has 2 aromatic carbocycles. The molecule has 142 valence electrons. The van der Waals surface area contributed by atoms with Gasteiger partial charge in [0.1, 0.15) is 0 Å². The fourth-order valence-electron chi connectivity index (χ4n) is 4.06. The first-order valence-corrected chi connectivity index (χ1v) is 10.3. The van der Waals surface area contributed by atoms with Gasteiger partial charge in [-0.15, -0.1) is 0 Å². The number of hydrogen-bond donors (Lipinski definition) is 1. The van der Waals surface area contributed by atoms with Crippen LogP contribution in [0.5, 0.6) is 0 Å². The molecule has 0 atom stereocenters. The number of nitrogens with one attached hydrogen (secondary N) is 1. The molecule has 0 amide bonds. The van der Waals surface area contributed by atoms with Gasteiger partial charge in [-0.2, -0.15) is 0 Å². The molecule has 0 aliphatic heterocycles. The van der Waals surface area contributed by atoms with Crippen LogP contribution in [0.4, 0.5) is 0 Å². The topological polar surface area (TPSA) is 12.0 Å². The second kappa shape index (κ2) is 8.58. The van der Waals surface area contributed by atoms with Crippen molar-refractivity contribution < 1.29 is 0 Å². The Morgan fingerprint density at radius 3 is 2.68 bits per heavy atom. The van der Waals surface area contributed by atoms with Crippen molar-refractivity contribution in [1.29, 1.82) is 0 Å². The van der Waals surface area contributed by atoms with E-state index < -0.39 is 0 Å². The first kappa shape index (κ1) is 18.7. The maximum atomic E-state index is 3.66. The number of hydrogen-bond acceptors (Lipinski definition) is 1. The third kappa shape index (κ3) is 4.43. The summed E-state index contributed by atoms with van der Waals surface area (Å²) in [6, 6.07) is 13.5. The third-order valence-corrected chi connectivity index (χ3v) is 5.81. The molecule has 0 unspecified atom stereocenters. The zero-order valence-corrected chi connectivity index (χ0v) is 17.0. The predicted octanol–water partition coefficient (Wildman–Crippen LogP) is 6.02. The monoisotopic (exact) mass is 367 g/mol. The molecule has 1 nitrogen and oxygen atoms in total. The Bertz CT molecular complexity index is 985. The van der Waals surface area contributed by atoms with Gasteiger partial charge < -0.3 is 5.32 Å². The predicted molar refractivity (Wildman–Crippen MR) is 120 cm³/mol. The summed E-state index contributed by atoms with van der Waals surface area (Å²) < 4.78 is 0. The highest BCUT2D eigenvalue weighted by atomic mass is 14.8. The molecule has 0 fully saturated rings. The minimum absolute atomic E-state index is 0.914. The molecular formula is C27H29N. The third-order valence-electron chi connectivity index (χ3n) is 5.81. The summed E-state index contributed by atoms with van der Waals surface area (Å²) in [5, 5.41) is 3.66. The maximum absolute atomic E-state index is 3.66. The van der Waals surface area contributed by atoms with E-state index in [0.717, 1.165) is 32.4 Å². The lowest BCUT2D eigenvalue weighted by atomic mass is 9.98. The standard InChI is InChI=1S/C27H29N/c1-20-11-12-22(15-21(20)2)16-23-13-14-24(17-23)18-28-19-26-9-6-8-25-7-4-3-5-10-27(25)26/h3-6,8-15,28H,7,16-19H2,1-2H3. The van der Waals surface area contributed by atoms with Crippen LogP contribution in [0.2, 0.25) is 0 Å². The van der Waals surface area contributed by atoms with Gasteiger partial charge in [0.2, 0.25) is 0 Å². The molecular weight excluding hydrogens is 338 g/mol. The molecule has 0 saturated heterocycles. The van der Waals surface area contributed by atoms with Crippen LogP contribution in [0.15, 0.2) is 77.9 Å². The summed E-state index contributed by atoms with van der Waals surface area (Å²) >= 11 is 0. The molecule has 0 radical (unpaired) electrons. The Balaban J connectivity index is 1.29. The van der Waals surface area contributed by atoms with Crippen LogP contribution in [0.25, 0.3) is 6.08 Å². The maximum Gasteiger partial charge on any atom is 0.0214 e. The van der Waals surface area contributed by atoms with Crippen LogP contribution in [-0.2, 0) is 19.4 Å². The van der Waals surface area contributed by atoms with E-state index >= 15 is 0 Å². The molecule has 2 aromatic rings. The lowest BCUT2D eigenvalue weighted by Gasteiger charge is -2.12. The van der Waals surface area contributed by atoms with E-state index in [9.17, 15) is 0 Å². The Labute approximate surface area is 169 Å². The van der Waals surface area contributed by atoms with E-state index in [1.807, 2.05) is 0 Å². The molecule has 28 heavy (non-hydrogen) atoms. The molecule has 0 spiro atoms. The average Bonchev–Trinajstić information content (AvgIpc) is 2.98. The molecule has 4 rings (SSSR count). The smallest absolute Gasteiger partial charge is 0.0214 e. The summed E-state index contributed by atoms with van der Waals surface area (Å²) in [4.78, 5) is 0. The largest absolute Gasteiger partial charge is 0.309 e. The van der Waals surface area contributed by atoms with Crippen LogP contribution in [0, 0.1) is 13.8 Å². The highest BCUT2D eigenvalue weighted by Crippen LogP contribution is 2.24. The fraction of sp³-hybridized carbons (Fsp3) is 0.259. The Kier molecular flexibility index (Phi) is 5.73. The number of rotatable bonds is 6. The summed E-state index contributed by atoms with van der Waals surface area (Å²) in [5.41, 5.74) is 11.4. The van der Waals surface area contributed by atoms with Crippen LogP contribution in [-0.4, -0.2) is 6.54 Å². The second-order valence-electron chi connectivity index (χ2n) is 8.01. The van der Waals surface area contributed by atoms with E-state index in [4.69, 9.17) is 0 Å². The summed E-state index contributed by atoms with van der Waals surface area (Å²) in [5.74, 6) is 0. The Morgan fingerprint density at radius 1 is 0.893 bits per heavy atom. The van der Waals surface area contributed by atoms with Crippen molar-refractivity contribution in [2.24, 2.45) is 0 Å². The van der Waals surface area contributed by atoms with Gasteiger partial charge in [0, 0.05) is 13.1 Å². The van der Waals surface area contributed by atoms with Crippen molar-refractivity contribution >= 4 is 6.08 Å². The van der Waals surface area contributed by atoms with E-state index in [1.54, 1.807) is 0 Å². The first-order valence-electron chi connectivity index (χ1n) is 10.3. The van der Waals surface area contributed by atoms with Crippen molar-refractivity contribution in [3.63, 3.8) is 0 Å². The van der Waals surface area contributed by atoms with Gasteiger partial charge in [-0.25, -0.2) is 0 Å². The molecule has 1 N–H and O–H groups in total. The zero-order valence-electron chi connectivity index (χ0n) is 17.0. The Morgan fingerprint density at radius 2 is 1.79 bits per heavy atom. The van der Waals surface area contributed by atoms with Gasteiger partial charge in [0.05, 0.1) is 0 Å². The second-order valence-corrected chi connectivity index (χ2v) is 8.01. The minimum atomic E-state index is 0.914. The molecule has 1 heteroatoms. The van der Waals surface area contributed by atoms with Crippen molar-refractivity contribution in [1.82, 2.24) is 5.32 Å². The first-order chi connectivity index (χ1) is 13.7. The molecule has 0 heterocycles. The Hall–Kier alpha value is -2.64. The number of fused-ring (bicyclic) bond motifs is 1. The number of benzene rings is 2. The van der Waals surface area contributed by atoms with E-state index in [2.05, 4.69) is 92.0 Å². The SMILES string of the molecule is Cc1ccc(CC2=CC=C(CNCc3cccc4c3C=CC=CC4)C2)cc1C. The van der Waals surface area contributed by atoms with Gasteiger partial charge in [-0.05, 0) is 66.5 Å². The average molecular weight is 368 g/mol. The molecule has 0 bridgehead atoms. The van der Waals surface area contributed by atoms with E-state index in [1.165, 1.54) is 44.5 Å². The van der Waals surface area contributed by atoms with Crippen molar-refractivity contribution in [2.45, 2.75) is 39.7 Å². The molecule has 2 aliphatic rings. The molecule has 2 aliphatic carbocycles. The van der Waals surface area contributed by atoms with Crippen molar-refractivity contribution in [3.05, 3.63) is 111 Å². The van der Waals surface area contributed by atoms with E-state index in [-0.39, 0.29) is 0 Å². The van der Waals surface area contributed by atoms with Crippen LogP contribution in [0.1, 0.15) is 39.8 Å². The van der Waals surface area contributed by atoms with Gasteiger partial charge in [-0.1, -0.05) is 84.0 Å². The van der Waals surface area contributed by atoms with Crippen LogP contribution >= 0.6 is 0 Å².